The third kappa shape index (κ3) is 1.74. The highest BCUT2D eigenvalue weighted by atomic mass is 35.5. The van der Waals surface area contributed by atoms with Crippen molar-refractivity contribution < 1.29 is 14.0 Å². The van der Waals surface area contributed by atoms with Gasteiger partial charge in [0.2, 0.25) is 5.91 Å². The monoisotopic (exact) mass is 242 g/mol. The quantitative estimate of drug-likeness (QED) is 0.725. The number of halogens is 2. The Labute approximate surface area is 95.8 Å². The van der Waals surface area contributed by atoms with Crippen molar-refractivity contribution in [3.05, 3.63) is 28.5 Å². The Morgan fingerprint density at radius 2 is 2.06 bits per heavy atom. The van der Waals surface area contributed by atoms with Gasteiger partial charge in [-0.1, -0.05) is 11.6 Å². The first-order valence-electron chi connectivity index (χ1n) is 4.60. The minimum atomic E-state index is -0.681. The van der Waals surface area contributed by atoms with Crippen LogP contribution in [-0.2, 0) is 4.79 Å². The molecule has 0 saturated carbocycles. The molecule has 16 heavy (non-hydrogen) atoms. The summed E-state index contributed by atoms with van der Waals surface area (Å²) in [5.74, 6) is -1.54. The Morgan fingerprint density at radius 1 is 1.38 bits per heavy atom. The van der Waals surface area contributed by atoms with E-state index < -0.39 is 17.8 Å². The maximum absolute atomic E-state index is 13.1. The number of benzene rings is 1. The summed E-state index contributed by atoms with van der Waals surface area (Å²) in [6.07, 6.45) is 0. The fourth-order valence-corrected chi connectivity index (χ4v) is 1.70. The molecular weight excluding hydrogens is 235 g/mol. The van der Waals surface area contributed by atoms with E-state index in [1.807, 2.05) is 0 Å². The number of amides is 2. The molecule has 1 aliphatic rings. The highest BCUT2D eigenvalue weighted by Gasteiger charge is 2.26. The van der Waals surface area contributed by atoms with Crippen LogP contribution in [0.15, 0.2) is 12.1 Å². The summed E-state index contributed by atoms with van der Waals surface area (Å²) in [6.45, 7) is 1.53. The molecule has 2 amide bonds. The van der Waals surface area contributed by atoms with Gasteiger partial charge in [0.15, 0.2) is 0 Å². The molecule has 2 N–H and O–H groups in total. The van der Waals surface area contributed by atoms with Crippen LogP contribution in [-0.4, -0.2) is 17.9 Å². The van der Waals surface area contributed by atoms with E-state index in [9.17, 15) is 14.0 Å². The number of fused-ring (bicyclic) bond motifs is 1. The molecule has 0 radical (unpaired) electrons. The first-order chi connectivity index (χ1) is 7.49. The van der Waals surface area contributed by atoms with E-state index in [1.165, 1.54) is 6.92 Å². The van der Waals surface area contributed by atoms with E-state index >= 15 is 0 Å². The van der Waals surface area contributed by atoms with E-state index in [1.54, 1.807) is 0 Å². The normalized spacial score (nSPS) is 19.6. The van der Waals surface area contributed by atoms with Gasteiger partial charge in [-0.2, -0.15) is 0 Å². The van der Waals surface area contributed by atoms with E-state index in [0.717, 1.165) is 12.1 Å². The van der Waals surface area contributed by atoms with Gasteiger partial charge in [-0.15, -0.1) is 0 Å². The van der Waals surface area contributed by atoms with Crippen molar-refractivity contribution in [2.45, 2.75) is 13.0 Å². The van der Waals surface area contributed by atoms with Crippen LogP contribution in [0.1, 0.15) is 17.3 Å². The number of carbonyl (C=O) groups is 2. The summed E-state index contributed by atoms with van der Waals surface area (Å²) in [5.41, 5.74) is 0.178. The van der Waals surface area contributed by atoms with Crippen molar-refractivity contribution >= 4 is 29.1 Å². The fraction of sp³-hybridized carbons (Fsp3) is 0.200. The summed E-state index contributed by atoms with van der Waals surface area (Å²) in [7, 11) is 0. The Morgan fingerprint density at radius 3 is 2.75 bits per heavy atom. The zero-order chi connectivity index (χ0) is 11.9. The predicted molar refractivity (Wildman–Crippen MR) is 57.0 cm³/mol. The first-order valence-corrected chi connectivity index (χ1v) is 4.97. The summed E-state index contributed by atoms with van der Waals surface area (Å²) >= 11 is 5.76. The van der Waals surface area contributed by atoms with Crippen molar-refractivity contribution in [1.29, 1.82) is 0 Å². The van der Waals surface area contributed by atoms with Gasteiger partial charge < -0.3 is 10.6 Å². The van der Waals surface area contributed by atoms with Gasteiger partial charge in [-0.3, -0.25) is 9.59 Å². The van der Waals surface area contributed by atoms with Crippen molar-refractivity contribution in [2.75, 3.05) is 5.32 Å². The zero-order valence-corrected chi connectivity index (χ0v) is 9.06. The van der Waals surface area contributed by atoms with Gasteiger partial charge in [-0.05, 0) is 19.1 Å². The van der Waals surface area contributed by atoms with E-state index in [2.05, 4.69) is 10.6 Å². The number of carbonyl (C=O) groups excluding carboxylic acids is 2. The standard InChI is InChI=1S/C10H8ClFN2O2/c1-4-9(15)14-8-6(10(16)13-4)2-5(12)3-7(8)11/h2-4H,1H3,(H,13,16)(H,14,15). The lowest BCUT2D eigenvalue weighted by molar-refractivity contribution is -0.117. The Bertz CT molecular complexity index is 490. The van der Waals surface area contributed by atoms with E-state index in [-0.39, 0.29) is 22.2 Å². The summed E-state index contributed by atoms with van der Waals surface area (Å²) in [4.78, 5) is 23.1. The van der Waals surface area contributed by atoms with Crippen molar-refractivity contribution in [3.8, 4) is 0 Å². The molecular formula is C10H8ClFN2O2. The third-order valence-electron chi connectivity index (χ3n) is 2.29. The Balaban J connectivity index is 2.60. The molecule has 1 aromatic rings. The molecule has 0 aliphatic carbocycles. The molecule has 1 aromatic carbocycles. The maximum Gasteiger partial charge on any atom is 0.254 e. The average molecular weight is 243 g/mol. The second kappa shape index (κ2) is 3.75. The van der Waals surface area contributed by atoms with Gasteiger partial charge in [0.05, 0.1) is 16.3 Å². The fourth-order valence-electron chi connectivity index (χ4n) is 1.45. The number of hydrogen-bond donors (Lipinski definition) is 2. The highest BCUT2D eigenvalue weighted by molar-refractivity contribution is 6.35. The molecule has 1 heterocycles. The molecule has 0 spiro atoms. The lowest BCUT2D eigenvalue weighted by atomic mass is 10.1. The molecule has 0 aromatic heterocycles. The van der Waals surface area contributed by atoms with Crippen molar-refractivity contribution in [1.82, 2.24) is 5.32 Å². The molecule has 84 valence electrons. The van der Waals surface area contributed by atoms with Crippen LogP contribution in [0.4, 0.5) is 10.1 Å². The number of rotatable bonds is 0. The zero-order valence-electron chi connectivity index (χ0n) is 8.30. The van der Waals surface area contributed by atoms with Gasteiger partial charge in [0.1, 0.15) is 11.9 Å². The Kier molecular flexibility index (Phi) is 2.55. The SMILES string of the molecule is CC1NC(=O)c2cc(F)cc(Cl)c2NC1=O. The van der Waals surface area contributed by atoms with Crippen molar-refractivity contribution in [3.63, 3.8) is 0 Å². The molecule has 1 unspecified atom stereocenters. The smallest absolute Gasteiger partial charge is 0.254 e. The van der Waals surface area contributed by atoms with Gasteiger partial charge in [-0.25, -0.2) is 4.39 Å². The predicted octanol–water partition coefficient (Wildman–Crippen LogP) is 1.55. The van der Waals surface area contributed by atoms with Crippen LogP contribution in [0.3, 0.4) is 0 Å². The second-order valence-corrected chi connectivity index (χ2v) is 3.90. The highest BCUT2D eigenvalue weighted by Crippen LogP contribution is 2.29. The average Bonchev–Trinajstić information content (AvgIpc) is 2.29. The van der Waals surface area contributed by atoms with Crippen LogP contribution in [0, 0.1) is 5.82 Å². The molecule has 0 fully saturated rings. The maximum atomic E-state index is 13.1. The summed E-state index contributed by atoms with van der Waals surface area (Å²) in [6, 6.07) is 1.40. The van der Waals surface area contributed by atoms with Gasteiger partial charge in [0.25, 0.3) is 5.91 Å². The second-order valence-electron chi connectivity index (χ2n) is 3.49. The van der Waals surface area contributed by atoms with Crippen LogP contribution < -0.4 is 10.6 Å². The largest absolute Gasteiger partial charge is 0.340 e. The molecule has 6 heteroatoms. The molecule has 2 rings (SSSR count). The molecule has 1 aliphatic heterocycles. The van der Waals surface area contributed by atoms with Gasteiger partial charge in [0, 0.05) is 0 Å². The van der Waals surface area contributed by atoms with Crippen LogP contribution in [0.25, 0.3) is 0 Å². The van der Waals surface area contributed by atoms with Crippen LogP contribution >= 0.6 is 11.6 Å². The Hall–Kier alpha value is -1.62. The van der Waals surface area contributed by atoms with E-state index in [4.69, 9.17) is 11.6 Å². The van der Waals surface area contributed by atoms with Crippen LogP contribution in [0.2, 0.25) is 5.02 Å². The topological polar surface area (TPSA) is 58.2 Å². The minimum absolute atomic E-state index is 0.00704. The summed E-state index contributed by atoms with van der Waals surface area (Å²) in [5, 5.41) is 4.91. The molecule has 4 nitrogen and oxygen atoms in total. The van der Waals surface area contributed by atoms with Gasteiger partial charge >= 0.3 is 0 Å². The first kappa shape index (κ1) is 10.9. The number of anilines is 1. The third-order valence-corrected chi connectivity index (χ3v) is 2.59. The minimum Gasteiger partial charge on any atom is -0.340 e. The van der Waals surface area contributed by atoms with E-state index in [0.29, 0.717) is 0 Å². The van der Waals surface area contributed by atoms with Crippen LogP contribution in [0.5, 0.6) is 0 Å². The lowest BCUT2D eigenvalue weighted by Gasteiger charge is -2.07. The molecule has 0 saturated heterocycles. The number of nitrogens with one attached hydrogen (secondary N) is 2. The summed E-state index contributed by atoms with van der Waals surface area (Å²) < 4.78 is 13.1. The molecule has 0 bridgehead atoms. The van der Waals surface area contributed by atoms with Crippen molar-refractivity contribution in [2.24, 2.45) is 0 Å². The molecule has 1 atom stereocenters. The lowest BCUT2D eigenvalue weighted by Crippen LogP contribution is -2.38. The number of hydrogen-bond acceptors (Lipinski definition) is 2.